The van der Waals surface area contributed by atoms with Crippen LogP contribution in [-0.4, -0.2) is 80.5 Å². The summed E-state index contributed by atoms with van der Waals surface area (Å²) >= 11 is 0. The number of rotatable bonds is 8. The molecule has 0 unspecified atom stereocenters. The van der Waals surface area contributed by atoms with Crippen molar-refractivity contribution in [1.29, 1.82) is 0 Å². The van der Waals surface area contributed by atoms with Crippen molar-refractivity contribution in [2.45, 2.75) is 56.4 Å². The highest BCUT2D eigenvalue weighted by atomic mass is 32.2. The Balaban J connectivity index is 1.42. The highest BCUT2D eigenvalue weighted by Gasteiger charge is 2.40. The van der Waals surface area contributed by atoms with Crippen LogP contribution in [0.3, 0.4) is 0 Å². The number of sulfonamides is 1. The third kappa shape index (κ3) is 6.77. The van der Waals surface area contributed by atoms with E-state index in [2.05, 4.69) is 24.0 Å². The fraction of sp³-hybridized carbons (Fsp3) is 0.567. The van der Waals surface area contributed by atoms with Crippen molar-refractivity contribution in [3.63, 3.8) is 0 Å². The Bertz CT molecular complexity index is 1180. The molecule has 0 bridgehead atoms. The normalized spacial score (nSPS) is 22.2. The summed E-state index contributed by atoms with van der Waals surface area (Å²) in [4.78, 5) is 17.3. The molecule has 8 heteroatoms. The third-order valence-corrected chi connectivity index (χ3v) is 9.82. The summed E-state index contributed by atoms with van der Waals surface area (Å²) in [6.45, 7) is 12.6. The van der Waals surface area contributed by atoms with Crippen LogP contribution in [0.15, 0.2) is 65.6 Å². The van der Waals surface area contributed by atoms with E-state index < -0.39 is 15.6 Å². The van der Waals surface area contributed by atoms with E-state index in [1.54, 1.807) is 31.3 Å². The van der Waals surface area contributed by atoms with Crippen molar-refractivity contribution in [1.82, 2.24) is 14.1 Å². The predicted octanol–water partition coefficient (Wildman–Crippen LogP) is 4.84. The lowest BCUT2D eigenvalue weighted by Gasteiger charge is -2.35. The fourth-order valence-corrected chi connectivity index (χ4v) is 7.17. The number of carbonyl (C=O) groups is 1. The van der Waals surface area contributed by atoms with Crippen molar-refractivity contribution in [3.05, 3.63) is 66.2 Å². The van der Waals surface area contributed by atoms with Gasteiger partial charge in [-0.05, 0) is 69.7 Å². The Labute approximate surface area is 228 Å². The lowest BCUT2D eigenvalue weighted by Crippen LogP contribution is -2.45. The maximum Gasteiger partial charge on any atom is 0.410 e. The average Bonchev–Trinajstić information content (AvgIpc) is 3.30. The second kappa shape index (κ2) is 11.4. The predicted molar refractivity (Wildman–Crippen MR) is 151 cm³/mol. The molecule has 2 saturated heterocycles. The lowest BCUT2D eigenvalue weighted by atomic mass is 9.79. The van der Waals surface area contributed by atoms with Gasteiger partial charge in [0.25, 0.3) is 0 Å². The maximum absolute atomic E-state index is 13.3. The van der Waals surface area contributed by atoms with Gasteiger partial charge >= 0.3 is 6.09 Å². The number of hydrogen-bond donors (Lipinski definition) is 0. The van der Waals surface area contributed by atoms with Gasteiger partial charge in [-0.25, -0.2) is 17.5 Å². The van der Waals surface area contributed by atoms with E-state index in [1.807, 2.05) is 49.9 Å². The summed E-state index contributed by atoms with van der Waals surface area (Å²) in [6.07, 6.45) is 1.61. The van der Waals surface area contributed by atoms with E-state index in [-0.39, 0.29) is 11.5 Å². The molecule has 2 aromatic carbocycles. The molecule has 2 aliphatic rings. The van der Waals surface area contributed by atoms with E-state index in [1.165, 1.54) is 4.31 Å². The van der Waals surface area contributed by atoms with Gasteiger partial charge in [0, 0.05) is 45.2 Å². The highest BCUT2D eigenvalue weighted by Crippen LogP contribution is 2.35. The van der Waals surface area contributed by atoms with E-state index in [9.17, 15) is 13.2 Å². The zero-order valence-electron chi connectivity index (χ0n) is 23.5. The van der Waals surface area contributed by atoms with Crippen molar-refractivity contribution >= 4 is 16.1 Å². The second-order valence-corrected chi connectivity index (χ2v) is 14.3. The van der Waals surface area contributed by atoms with E-state index in [4.69, 9.17) is 4.74 Å². The number of carbonyl (C=O) groups excluding carboxylic acids is 1. The molecule has 4 rings (SSSR count). The molecule has 2 heterocycles. The molecule has 208 valence electrons. The van der Waals surface area contributed by atoms with Crippen molar-refractivity contribution in [2.24, 2.45) is 11.8 Å². The number of benzene rings is 2. The lowest BCUT2D eigenvalue weighted by molar-refractivity contribution is 0.0139. The standard InChI is InChI=1S/C30H43N3O4S/c1-29(2,3)37-28(34)33-18-16-24-20-32(21-25(24)22-33)19-17-30(4,26-12-8-6-9-13-26)23-31(5)38(35,36)27-14-10-7-11-15-27/h6-15,24-25H,16-23H2,1-5H3/t24-,25-,30-/m1/s1. The quantitative estimate of drug-likeness (QED) is 0.478. The Morgan fingerprint density at radius 1 is 0.947 bits per heavy atom. The summed E-state index contributed by atoms with van der Waals surface area (Å²) in [5.74, 6) is 1.03. The summed E-state index contributed by atoms with van der Waals surface area (Å²) in [7, 11) is -1.91. The number of piperidine rings is 1. The van der Waals surface area contributed by atoms with Gasteiger partial charge in [-0.15, -0.1) is 0 Å². The SMILES string of the molecule is CN(C[C@@](C)(CCN1C[C@H]2CCN(C(=O)OC(C)(C)C)C[C@H]2C1)c1ccccc1)S(=O)(=O)c1ccccc1. The summed E-state index contributed by atoms with van der Waals surface area (Å²) < 4.78 is 33.7. The van der Waals surface area contributed by atoms with Gasteiger partial charge in [0.1, 0.15) is 5.60 Å². The molecular formula is C30H43N3O4S. The molecule has 1 amide bonds. The van der Waals surface area contributed by atoms with E-state index >= 15 is 0 Å². The van der Waals surface area contributed by atoms with Crippen molar-refractivity contribution < 1.29 is 17.9 Å². The topological polar surface area (TPSA) is 70.2 Å². The first-order valence-electron chi connectivity index (χ1n) is 13.6. The van der Waals surface area contributed by atoms with Gasteiger partial charge in [-0.3, -0.25) is 0 Å². The molecule has 0 N–H and O–H groups in total. The van der Waals surface area contributed by atoms with Crippen LogP contribution < -0.4 is 0 Å². The zero-order valence-corrected chi connectivity index (χ0v) is 24.3. The Morgan fingerprint density at radius 2 is 1.55 bits per heavy atom. The highest BCUT2D eigenvalue weighted by molar-refractivity contribution is 7.89. The summed E-state index contributed by atoms with van der Waals surface area (Å²) in [5, 5.41) is 0. The van der Waals surface area contributed by atoms with Crippen LogP contribution in [0.4, 0.5) is 4.79 Å². The van der Waals surface area contributed by atoms with E-state index in [0.717, 1.165) is 51.1 Å². The molecule has 0 radical (unpaired) electrons. The van der Waals surface area contributed by atoms with Crippen LogP contribution in [0.1, 0.15) is 46.1 Å². The van der Waals surface area contributed by atoms with Gasteiger partial charge in [0.2, 0.25) is 10.0 Å². The number of amides is 1. The van der Waals surface area contributed by atoms with Gasteiger partial charge in [0.05, 0.1) is 4.90 Å². The van der Waals surface area contributed by atoms with Gasteiger partial charge in [-0.2, -0.15) is 0 Å². The minimum atomic E-state index is -3.59. The minimum Gasteiger partial charge on any atom is -0.444 e. The molecule has 2 fully saturated rings. The first-order chi connectivity index (χ1) is 17.9. The molecule has 2 aliphatic heterocycles. The van der Waals surface area contributed by atoms with Crippen molar-refractivity contribution in [3.8, 4) is 0 Å². The number of ether oxygens (including phenoxy) is 1. The van der Waals surface area contributed by atoms with Crippen LogP contribution >= 0.6 is 0 Å². The molecular weight excluding hydrogens is 498 g/mol. The van der Waals surface area contributed by atoms with Crippen LogP contribution in [0.5, 0.6) is 0 Å². The fourth-order valence-electron chi connectivity index (χ4n) is 5.85. The smallest absolute Gasteiger partial charge is 0.410 e. The molecule has 0 spiro atoms. The molecule has 3 atom stereocenters. The summed E-state index contributed by atoms with van der Waals surface area (Å²) in [6, 6.07) is 18.9. The number of fused-ring (bicyclic) bond motifs is 1. The number of nitrogens with zero attached hydrogens (tertiary/aromatic N) is 3. The van der Waals surface area contributed by atoms with Crippen molar-refractivity contribution in [2.75, 3.05) is 46.3 Å². The zero-order chi connectivity index (χ0) is 27.6. The molecule has 0 saturated carbocycles. The minimum absolute atomic E-state index is 0.214. The van der Waals surface area contributed by atoms with Gasteiger partial charge in [-0.1, -0.05) is 55.5 Å². The van der Waals surface area contributed by atoms with Crippen LogP contribution in [0.25, 0.3) is 0 Å². The van der Waals surface area contributed by atoms with Crippen LogP contribution in [-0.2, 0) is 20.2 Å². The Morgan fingerprint density at radius 3 is 2.18 bits per heavy atom. The molecule has 7 nitrogen and oxygen atoms in total. The van der Waals surface area contributed by atoms with Crippen LogP contribution in [0, 0.1) is 11.8 Å². The number of likely N-dealkylation sites (tertiary alicyclic amines) is 2. The van der Waals surface area contributed by atoms with Crippen LogP contribution in [0.2, 0.25) is 0 Å². The maximum atomic E-state index is 13.3. The monoisotopic (exact) mass is 541 g/mol. The summed E-state index contributed by atoms with van der Waals surface area (Å²) in [5.41, 5.74) is 0.301. The van der Waals surface area contributed by atoms with Gasteiger partial charge in [0.15, 0.2) is 0 Å². The van der Waals surface area contributed by atoms with E-state index in [0.29, 0.717) is 23.3 Å². The molecule has 0 aliphatic carbocycles. The Kier molecular flexibility index (Phi) is 8.55. The number of hydrogen-bond acceptors (Lipinski definition) is 5. The number of likely N-dealkylation sites (N-methyl/N-ethyl adjacent to an activating group) is 1. The average molecular weight is 542 g/mol. The Hall–Kier alpha value is -2.42. The third-order valence-electron chi connectivity index (χ3n) is 8.00. The molecule has 38 heavy (non-hydrogen) atoms. The van der Waals surface area contributed by atoms with Gasteiger partial charge < -0.3 is 14.5 Å². The first kappa shape index (κ1) is 28.6. The first-order valence-corrected chi connectivity index (χ1v) is 15.1. The molecule has 2 aromatic rings. The largest absolute Gasteiger partial charge is 0.444 e. The second-order valence-electron chi connectivity index (χ2n) is 12.2. The molecule has 0 aromatic heterocycles.